The minimum absolute atomic E-state index is 0.229. The molecule has 3 nitrogen and oxygen atoms in total. The van der Waals surface area contributed by atoms with E-state index in [4.69, 9.17) is 0 Å². The largest absolute Gasteiger partial charge is 0.395 e. The van der Waals surface area contributed by atoms with Gasteiger partial charge in [0.15, 0.2) is 0 Å². The zero-order valence-electron chi connectivity index (χ0n) is 18.0. The fourth-order valence-electron chi connectivity index (χ4n) is 6.27. The van der Waals surface area contributed by atoms with E-state index in [-0.39, 0.29) is 17.7 Å². The third-order valence-electron chi connectivity index (χ3n) is 7.71. The third kappa shape index (κ3) is 4.20. The summed E-state index contributed by atoms with van der Waals surface area (Å²) in [6.45, 7) is 0.248. The van der Waals surface area contributed by atoms with Crippen molar-refractivity contribution in [3.63, 3.8) is 0 Å². The number of fused-ring (bicyclic) bond motifs is 2. The molecule has 0 bridgehead atoms. The Balaban J connectivity index is 1.39. The maximum absolute atomic E-state index is 13.5. The van der Waals surface area contributed by atoms with E-state index >= 15 is 0 Å². The van der Waals surface area contributed by atoms with Gasteiger partial charge in [-0.2, -0.15) is 0 Å². The molecule has 1 aliphatic heterocycles. The lowest BCUT2D eigenvalue weighted by Gasteiger charge is -2.48. The second-order valence-electron chi connectivity index (χ2n) is 9.38. The molecule has 164 valence electrons. The van der Waals surface area contributed by atoms with Crippen LogP contribution in [0.4, 0.5) is 4.39 Å². The number of benzene rings is 1. The summed E-state index contributed by atoms with van der Waals surface area (Å²) < 4.78 is 16.0. The number of allylic oxidation sites excluding steroid dienone is 1. The molecule has 1 saturated heterocycles. The molecule has 1 N–H and O–H groups in total. The van der Waals surface area contributed by atoms with Gasteiger partial charge in [-0.1, -0.05) is 55.5 Å². The van der Waals surface area contributed by atoms with Crippen LogP contribution in [0.1, 0.15) is 37.8 Å². The highest BCUT2D eigenvalue weighted by Gasteiger charge is 2.52. The molecule has 5 heteroatoms. The number of hydrogen-bond acceptors (Lipinski definition) is 4. The molecular formula is C26H31FN2OS. The van der Waals surface area contributed by atoms with Crippen LogP contribution in [0, 0.1) is 29.5 Å². The monoisotopic (exact) mass is 438 g/mol. The van der Waals surface area contributed by atoms with Crippen LogP contribution in [0.15, 0.2) is 48.7 Å². The van der Waals surface area contributed by atoms with E-state index in [2.05, 4.69) is 28.5 Å². The minimum atomic E-state index is -0.229. The summed E-state index contributed by atoms with van der Waals surface area (Å²) >= 11 is 1.85. The van der Waals surface area contributed by atoms with Crippen molar-refractivity contribution in [2.75, 3.05) is 13.7 Å². The highest BCUT2D eigenvalue weighted by Crippen LogP contribution is 2.55. The van der Waals surface area contributed by atoms with Crippen molar-refractivity contribution in [2.45, 2.75) is 43.4 Å². The van der Waals surface area contributed by atoms with Crippen molar-refractivity contribution in [1.82, 2.24) is 9.29 Å². The first-order valence-corrected chi connectivity index (χ1v) is 12.4. The Bertz CT molecular complexity index is 933. The molecule has 0 radical (unpaired) electrons. The summed E-state index contributed by atoms with van der Waals surface area (Å²) in [7, 11) is 2.20. The highest BCUT2D eigenvalue weighted by molar-refractivity contribution is 7.97. The van der Waals surface area contributed by atoms with Crippen LogP contribution in [-0.4, -0.2) is 39.3 Å². The number of halogens is 1. The van der Waals surface area contributed by atoms with Crippen LogP contribution in [0.5, 0.6) is 0 Å². The Hall–Kier alpha value is -1.69. The third-order valence-corrected chi connectivity index (χ3v) is 9.04. The van der Waals surface area contributed by atoms with E-state index < -0.39 is 0 Å². The minimum Gasteiger partial charge on any atom is -0.395 e. The van der Waals surface area contributed by atoms with Crippen molar-refractivity contribution < 1.29 is 9.50 Å². The van der Waals surface area contributed by atoms with Gasteiger partial charge < -0.3 is 5.11 Å². The van der Waals surface area contributed by atoms with Crippen LogP contribution < -0.4 is 0 Å². The Morgan fingerprint density at radius 2 is 2.06 bits per heavy atom. The van der Waals surface area contributed by atoms with Gasteiger partial charge in [0.25, 0.3) is 0 Å². The molecule has 2 heterocycles. The zero-order valence-corrected chi connectivity index (χ0v) is 18.8. The Morgan fingerprint density at radius 1 is 1.19 bits per heavy atom. The second kappa shape index (κ2) is 9.05. The van der Waals surface area contributed by atoms with Crippen LogP contribution in [0.25, 0.3) is 17.2 Å². The smallest absolute Gasteiger partial charge is 0.123 e. The average molecular weight is 439 g/mol. The van der Waals surface area contributed by atoms with Gasteiger partial charge in [0.05, 0.1) is 12.3 Å². The van der Waals surface area contributed by atoms with Crippen molar-refractivity contribution in [3.8, 4) is 11.1 Å². The molecule has 31 heavy (non-hydrogen) atoms. The van der Waals surface area contributed by atoms with Crippen molar-refractivity contribution in [3.05, 3.63) is 60.2 Å². The Kier molecular flexibility index (Phi) is 6.18. The molecular weight excluding hydrogens is 407 g/mol. The molecule has 5 rings (SSSR count). The predicted octanol–water partition coefficient (Wildman–Crippen LogP) is 5.67. The van der Waals surface area contributed by atoms with Crippen molar-refractivity contribution in [1.29, 1.82) is 0 Å². The van der Waals surface area contributed by atoms with Gasteiger partial charge in [0.2, 0.25) is 0 Å². The topological polar surface area (TPSA) is 36.4 Å². The molecule has 3 aliphatic rings. The van der Waals surface area contributed by atoms with E-state index in [1.165, 1.54) is 38.2 Å². The Morgan fingerprint density at radius 3 is 2.84 bits per heavy atom. The van der Waals surface area contributed by atoms with Crippen LogP contribution in [-0.2, 0) is 0 Å². The summed E-state index contributed by atoms with van der Waals surface area (Å²) in [5.74, 6) is 2.28. The van der Waals surface area contributed by atoms with E-state index in [0.717, 1.165) is 28.7 Å². The molecule has 1 aromatic carbocycles. The molecule has 1 aromatic heterocycles. The normalized spacial score (nSPS) is 33.4. The average Bonchev–Trinajstić information content (AvgIpc) is 3.12. The predicted molar refractivity (Wildman–Crippen MR) is 126 cm³/mol. The maximum Gasteiger partial charge on any atom is 0.123 e. The van der Waals surface area contributed by atoms with Gasteiger partial charge in [-0.05, 0) is 73.4 Å². The summed E-state index contributed by atoms with van der Waals surface area (Å²) in [6, 6.07) is 11.2. The summed E-state index contributed by atoms with van der Waals surface area (Å²) in [4.78, 5) is 4.64. The molecule has 2 aliphatic carbocycles. The maximum atomic E-state index is 13.5. The lowest BCUT2D eigenvalue weighted by Crippen LogP contribution is -2.47. The van der Waals surface area contributed by atoms with Gasteiger partial charge >= 0.3 is 0 Å². The summed E-state index contributed by atoms with van der Waals surface area (Å²) in [6.07, 6.45) is 13.0. The van der Waals surface area contributed by atoms with Crippen LogP contribution in [0.3, 0.4) is 0 Å². The van der Waals surface area contributed by atoms with Gasteiger partial charge in [0.1, 0.15) is 5.82 Å². The zero-order chi connectivity index (χ0) is 21.4. The van der Waals surface area contributed by atoms with Gasteiger partial charge in [-0.25, -0.2) is 8.70 Å². The number of hydrogen-bond donors (Lipinski definition) is 1. The van der Waals surface area contributed by atoms with Crippen molar-refractivity contribution >= 4 is 18.0 Å². The first-order valence-electron chi connectivity index (χ1n) is 11.5. The number of aliphatic hydroxyl groups is 1. The quantitative estimate of drug-likeness (QED) is 0.624. The molecule has 2 aromatic rings. The van der Waals surface area contributed by atoms with Crippen LogP contribution in [0.2, 0.25) is 0 Å². The van der Waals surface area contributed by atoms with Gasteiger partial charge in [-0.15, -0.1) is 0 Å². The number of aliphatic hydroxyl groups excluding tert-OH is 1. The highest BCUT2D eigenvalue weighted by atomic mass is 32.2. The molecule has 6 unspecified atom stereocenters. The Labute approximate surface area is 188 Å². The first kappa shape index (κ1) is 21.2. The van der Waals surface area contributed by atoms with E-state index in [1.807, 2.05) is 36.3 Å². The second-order valence-corrected chi connectivity index (χ2v) is 10.8. The number of pyridine rings is 1. The van der Waals surface area contributed by atoms with Crippen LogP contribution >= 0.6 is 11.9 Å². The lowest BCUT2D eigenvalue weighted by atomic mass is 9.59. The van der Waals surface area contributed by atoms with Gasteiger partial charge in [-0.3, -0.25) is 4.98 Å². The molecule has 0 amide bonds. The number of nitrogens with zero attached hydrogens (tertiary/aromatic N) is 2. The first-order chi connectivity index (χ1) is 15.1. The van der Waals surface area contributed by atoms with E-state index in [1.54, 1.807) is 12.1 Å². The summed E-state index contributed by atoms with van der Waals surface area (Å²) in [5.41, 5.74) is 2.71. The molecule has 0 spiro atoms. The number of rotatable bonds is 4. The fraction of sp³-hybridized carbons (Fsp3) is 0.500. The van der Waals surface area contributed by atoms with Gasteiger partial charge in [0, 0.05) is 23.1 Å². The number of aromatic nitrogens is 1. The van der Waals surface area contributed by atoms with Crippen molar-refractivity contribution in [2.24, 2.45) is 23.7 Å². The SMILES string of the molecule is CN1SC(CO)C2C(/C=C/c3ccc(-c4cccc(F)c4)cn3)C3CCCCC3CC21. The summed E-state index contributed by atoms with van der Waals surface area (Å²) in [5, 5.41) is 10.4. The lowest BCUT2D eigenvalue weighted by molar-refractivity contribution is 0.0384. The molecule has 3 fully saturated rings. The molecule has 6 atom stereocenters. The molecule has 2 saturated carbocycles. The fourth-order valence-corrected chi connectivity index (χ4v) is 7.65. The standard InChI is InChI=1S/C26H31FN2OS/c1-29-24-14-18-5-2-3-8-22(18)23(26(24)25(16-30)31-29)12-11-21-10-9-19(15-28-21)17-6-4-7-20(27)13-17/h4,6-7,9-13,15,18,22-26,30H,2-3,5,8,14,16H2,1H3/b12-11+. The van der Waals surface area contributed by atoms with E-state index in [0.29, 0.717) is 17.9 Å². The van der Waals surface area contributed by atoms with E-state index in [9.17, 15) is 9.50 Å².